The normalized spacial score (nSPS) is 10.4. The molecule has 0 atom stereocenters. The molecular weight excluding hydrogens is 206 g/mol. The van der Waals surface area contributed by atoms with Crippen LogP contribution in [0.3, 0.4) is 0 Å². The van der Waals surface area contributed by atoms with Crippen molar-refractivity contribution in [3.8, 4) is 0 Å². The van der Waals surface area contributed by atoms with E-state index in [1.165, 1.54) is 4.90 Å². The van der Waals surface area contributed by atoms with E-state index in [2.05, 4.69) is 5.32 Å². The second-order valence-corrected chi connectivity index (χ2v) is 4.63. The van der Waals surface area contributed by atoms with Crippen LogP contribution in [-0.4, -0.2) is 18.2 Å². The van der Waals surface area contributed by atoms with E-state index in [0.29, 0.717) is 6.42 Å². The smallest absolute Gasteiger partial charge is 0.224 e. The van der Waals surface area contributed by atoms with Crippen molar-refractivity contribution in [3.05, 3.63) is 29.8 Å². The van der Waals surface area contributed by atoms with Gasteiger partial charge in [0.1, 0.15) is 0 Å². The highest BCUT2D eigenvalue weighted by molar-refractivity contribution is 7.98. The SMILES string of the molecule is CSc1ccc(CC(=O)NC(C)C)cc1. The van der Waals surface area contributed by atoms with Gasteiger partial charge >= 0.3 is 0 Å². The first kappa shape index (κ1) is 12.1. The summed E-state index contributed by atoms with van der Waals surface area (Å²) in [5.74, 6) is 0.0851. The van der Waals surface area contributed by atoms with Crippen molar-refractivity contribution in [2.45, 2.75) is 31.2 Å². The van der Waals surface area contributed by atoms with Crippen LogP contribution in [0.5, 0.6) is 0 Å². The van der Waals surface area contributed by atoms with Crippen molar-refractivity contribution in [1.82, 2.24) is 5.32 Å². The van der Waals surface area contributed by atoms with Gasteiger partial charge in [-0.2, -0.15) is 0 Å². The van der Waals surface area contributed by atoms with E-state index in [1.54, 1.807) is 11.8 Å². The molecule has 1 N–H and O–H groups in total. The molecule has 0 saturated heterocycles. The Bertz CT molecular complexity index is 319. The van der Waals surface area contributed by atoms with Gasteiger partial charge in [0.25, 0.3) is 0 Å². The second kappa shape index (κ2) is 5.81. The highest BCUT2D eigenvalue weighted by Crippen LogP contribution is 2.14. The molecule has 1 rings (SSSR count). The summed E-state index contributed by atoms with van der Waals surface area (Å²) in [5.41, 5.74) is 1.06. The van der Waals surface area contributed by atoms with Crippen molar-refractivity contribution in [3.63, 3.8) is 0 Å². The maximum Gasteiger partial charge on any atom is 0.224 e. The zero-order valence-electron chi connectivity index (χ0n) is 9.41. The van der Waals surface area contributed by atoms with Crippen LogP contribution >= 0.6 is 11.8 Å². The average Bonchev–Trinajstić information content (AvgIpc) is 2.17. The van der Waals surface area contributed by atoms with Crippen LogP contribution in [0.25, 0.3) is 0 Å². The molecule has 2 nitrogen and oxygen atoms in total. The second-order valence-electron chi connectivity index (χ2n) is 3.75. The van der Waals surface area contributed by atoms with Gasteiger partial charge in [-0.1, -0.05) is 12.1 Å². The Morgan fingerprint density at radius 3 is 2.40 bits per heavy atom. The van der Waals surface area contributed by atoms with E-state index >= 15 is 0 Å². The van der Waals surface area contributed by atoms with Gasteiger partial charge in [0.05, 0.1) is 6.42 Å². The molecule has 1 amide bonds. The van der Waals surface area contributed by atoms with E-state index < -0.39 is 0 Å². The summed E-state index contributed by atoms with van der Waals surface area (Å²) in [6.07, 6.45) is 2.51. The van der Waals surface area contributed by atoms with Crippen LogP contribution in [0.2, 0.25) is 0 Å². The third kappa shape index (κ3) is 4.38. The van der Waals surface area contributed by atoms with Crippen molar-refractivity contribution >= 4 is 17.7 Å². The molecule has 0 unspecified atom stereocenters. The number of thioether (sulfide) groups is 1. The van der Waals surface area contributed by atoms with E-state index in [0.717, 1.165) is 5.56 Å². The van der Waals surface area contributed by atoms with Crippen LogP contribution in [0, 0.1) is 0 Å². The Balaban J connectivity index is 2.53. The Labute approximate surface area is 95.5 Å². The van der Waals surface area contributed by atoms with Gasteiger partial charge in [0, 0.05) is 10.9 Å². The first-order valence-corrected chi connectivity index (χ1v) is 6.26. The molecule has 15 heavy (non-hydrogen) atoms. The van der Waals surface area contributed by atoms with Crippen molar-refractivity contribution in [1.29, 1.82) is 0 Å². The predicted molar refractivity (Wildman–Crippen MR) is 65.2 cm³/mol. The average molecular weight is 223 g/mol. The van der Waals surface area contributed by atoms with Crippen molar-refractivity contribution in [2.24, 2.45) is 0 Å². The third-order valence-corrected chi connectivity index (χ3v) is 2.72. The zero-order chi connectivity index (χ0) is 11.3. The van der Waals surface area contributed by atoms with Crippen LogP contribution in [0.4, 0.5) is 0 Å². The van der Waals surface area contributed by atoms with Crippen LogP contribution in [0.15, 0.2) is 29.2 Å². The molecule has 0 fully saturated rings. The summed E-state index contributed by atoms with van der Waals surface area (Å²) < 4.78 is 0. The lowest BCUT2D eigenvalue weighted by atomic mass is 10.1. The molecule has 0 saturated carbocycles. The molecule has 0 heterocycles. The largest absolute Gasteiger partial charge is 0.354 e. The fourth-order valence-electron chi connectivity index (χ4n) is 1.30. The van der Waals surface area contributed by atoms with Crippen molar-refractivity contribution < 1.29 is 4.79 Å². The number of amides is 1. The molecule has 0 aromatic heterocycles. The molecule has 0 spiro atoms. The number of hydrogen-bond donors (Lipinski definition) is 1. The molecule has 0 aliphatic rings. The molecule has 0 aliphatic carbocycles. The van der Waals surface area contributed by atoms with E-state index in [4.69, 9.17) is 0 Å². The fourth-order valence-corrected chi connectivity index (χ4v) is 1.71. The van der Waals surface area contributed by atoms with E-state index in [-0.39, 0.29) is 11.9 Å². The van der Waals surface area contributed by atoms with Crippen LogP contribution < -0.4 is 5.32 Å². The van der Waals surface area contributed by atoms with Gasteiger partial charge in [0.2, 0.25) is 5.91 Å². The first-order valence-electron chi connectivity index (χ1n) is 5.04. The molecule has 3 heteroatoms. The Morgan fingerprint density at radius 1 is 1.33 bits per heavy atom. The zero-order valence-corrected chi connectivity index (χ0v) is 10.2. The first-order chi connectivity index (χ1) is 7.11. The Morgan fingerprint density at radius 2 is 1.93 bits per heavy atom. The summed E-state index contributed by atoms with van der Waals surface area (Å²) in [6, 6.07) is 8.31. The third-order valence-electron chi connectivity index (χ3n) is 1.97. The summed E-state index contributed by atoms with van der Waals surface area (Å²) in [7, 11) is 0. The number of rotatable bonds is 4. The highest BCUT2D eigenvalue weighted by atomic mass is 32.2. The Hall–Kier alpha value is -0.960. The minimum absolute atomic E-state index is 0.0851. The topological polar surface area (TPSA) is 29.1 Å². The van der Waals surface area contributed by atoms with Gasteiger partial charge < -0.3 is 5.32 Å². The van der Waals surface area contributed by atoms with Gasteiger partial charge in [-0.15, -0.1) is 11.8 Å². The number of carbonyl (C=O) groups excluding carboxylic acids is 1. The number of nitrogens with one attached hydrogen (secondary N) is 1. The van der Waals surface area contributed by atoms with Gasteiger partial charge in [-0.25, -0.2) is 0 Å². The maximum absolute atomic E-state index is 11.5. The van der Waals surface area contributed by atoms with E-state index in [9.17, 15) is 4.79 Å². The molecule has 1 aromatic carbocycles. The molecule has 82 valence electrons. The van der Waals surface area contributed by atoms with E-state index in [1.807, 2.05) is 44.4 Å². The number of carbonyl (C=O) groups is 1. The lowest BCUT2D eigenvalue weighted by Crippen LogP contribution is -2.31. The lowest BCUT2D eigenvalue weighted by Gasteiger charge is -2.08. The quantitative estimate of drug-likeness (QED) is 0.795. The summed E-state index contributed by atoms with van der Waals surface area (Å²) >= 11 is 1.71. The van der Waals surface area contributed by atoms with Gasteiger partial charge in [-0.3, -0.25) is 4.79 Å². The maximum atomic E-state index is 11.5. The standard InChI is InChI=1S/C12H17NOS/c1-9(2)13-12(14)8-10-4-6-11(15-3)7-5-10/h4-7,9H,8H2,1-3H3,(H,13,14). The fraction of sp³-hybridized carbons (Fsp3) is 0.417. The predicted octanol–water partition coefficient (Wildman–Crippen LogP) is 2.48. The summed E-state index contributed by atoms with van der Waals surface area (Å²) in [6.45, 7) is 3.93. The highest BCUT2D eigenvalue weighted by Gasteiger charge is 2.04. The van der Waals surface area contributed by atoms with Gasteiger partial charge in [-0.05, 0) is 37.8 Å². The van der Waals surface area contributed by atoms with Crippen LogP contribution in [0.1, 0.15) is 19.4 Å². The number of hydrogen-bond acceptors (Lipinski definition) is 2. The molecular formula is C12H17NOS. The lowest BCUT2D eigenvalue weighted by molar-refractivity contribution is -0.120. The minimum Gasteiger partial charge on any atom is -0.354 e. The number of benzene rings is 1. The van der Waals surface area contributed by atoms with Crippen molar-refractivity contribution in [2.75, 3.05) is 6.26 Å². The van der Waals surface area contributed by atoms with Gasteiger partial charge in [0.15, 0.2) is 0 Å². The molecule has 0 radical (unpaired) electrons. The Kier molecular flexibility index (Phi) is 4.69. The minimum atomic E-state index is 0.0851. The summed E-state index contributed by atoms with van der Waals surface area (Å²) in [4.78, 5) is 12.7. The van der Waals surface area contributed by atoms with Crippen LogP contribution in [-0.2, 0) is 11.2 Å². The molecule has 1 aromatic rings. The monoisotopic (exact) mass is 223 g/mol. The molecule has 0 aliphatic heterocycles. The summed E-state index contributed by atoms with van der Waals surface area (Å²) in [5, 5.41) is 2.88. The molecule has 0 bridgehead atoms.